The van der Waals surface area contributed by atoms with Gasteiger partial charge in [0.1, 0.15) is 0 Å². The van der Waals surface area contributed by atoms with Crippen molar-refractivity contribution in [3.63, 3.8) is 0 Å². The fourth-order valence-electron chi connectivity index (χ4n) is 0. The molecule has 4 heavy (non-hydrogen) atoms. The minimum absolute atomic E-state index is 0. The Morgan fingerprint density at radius 2 is 1.75 bits per heavy atom. The summed E-state index contributed by atoms with van der Waals surface area (Å²) in [5, 5.41) is 0. The minimum atomic E-state index is 0. The Kier molecular flexibility index (Phi) is 19.9. The molecule has 0 saturated carbocycles. The number of alkyl halides is 1. The summed E-state index contributed by atoms with van der Waals surface area (Å²) in [4.78, 5) is 0. The van der Waals surface area contributed by atoms with Gasteiger partial charge in [-0.3, -0.25) is 0 Å². The van der Waals surface area contributed by atoms with Crippen molar-refractivity contribution in [3.8, 4) is 0 Å². The standard InChI is InChI=1S/C2H4I.Zn/c1-2-3;/h1-2H2;/q-1;. The average molecular weight is 220 g/mol. The van der Waals surface area contributed by atoms with Crippen molar-refractivity contribution >= 4 is 22.6 Å². The third-order valence-electron chi connectivity index (χ3n) is 0. The topological polar surface area (TPSA) is 0 Å². The first-order chi connectivity index (χ1) is 1.41. The van der Waals surface area contributed by atoms with Gasteiger partial charge in [0.15, 0.2) is 0 Å². The van der Waals surface area contributed by atoms with Crippen LogP contribution in [0, 0.1) is 6.92 Å². The molecule has 0 aromatic rings. The largest absolute Gasteiger partial charge is 0.334 e. The summed E-state index contributed by atoms with van der Waals surface area (Å²) in [7, 11) is 0. The molecule has 0 amide bonds. The zero-order valence-corrected chi connectivity index (χ0v) is 7.62. The van der Waals surface area contributed by atoms with Gasteiger partial charge in [-0.2, -0.15) is 0 Å². The average Bonchev–Trinajstić information content (AvgIpc) is 0.918. The van der Waals surface area contributed by atoms with E-state index in [-0.39, 0.29) is 19.5 Å². The zero-order valence-electron chi connectivity index (χ0n) is 2.50. The number of hydrogen-bond donors (Lipinski definition) is 0. The van der Waals surface area contributed by atoms with Gasteiger partial charge in [-0.1, -0.05) is 0 Å². The van der Waals surface area contributed by atoms with Crippen LogP contribution in [0.25, 0.3) is 0 Å². The summed E-state index contributed by atoms with van der Waals surface area (Å²) in [6.45, 7) is 3.47. The molecule has 0 N–H and O–H groups in total. The second-order valence-electron chi connectivity index (χ2n) is 0.189. The van der Waals surface area contributed by atoms with Gasteiger partial charge in [0.05, 0.1) is 0 Å². The van der Waals surface area contributed by atoms with E-state index in [2.05, 4.69) is 29.5 Å². The second-order valence-corrected chi connectivity index (χ2v) is 1.27. The van der Waals surface area contributed by atoms with Gasteiger partial charge in [0.25, 0.3) is 0 Å². The fourth-order valence-corrected chi connectivity index (χ4v) is 0. The van der Waals surface area contributed by atoms with E-state index in [1.165, 1.54) is 0 Å². The van der Waals surface area contributed by atoms with E-state index in [0.717, 1.165) is 4.43 Å². The summed E-state index contributed by atoms with van der Waals surface area (Å²) < 4.78 is 0.970. The van der Waals surface area contributed by atoms with Crippen molar-refractivity contribution in [3.05, 3.63) is 6.92 Å². The number of halogens is 1. The first-order valence-electron chi connectivity index (χ1n) is 0.767. The SMILES string of the molecule is [CH2-]CI.[Zn]. The third-order valence-corrected chi connectivity index (χ3v) is 0. The van der Waals surface area contributed by atoms with Crippen LogP contribution in [0.5, 0.6) is 0 Å². The van der Waals surface area contributed by atoms with E-state index in [0.29, 0.717) is 0 Å². The molecule has 0 radical (unpaired) electrons. The predicted octanol–water partition coefficient (Wildman–Crippen LogP) is 1.25. The van der Waals surface area contributed by atoms with E-state index in [9.17, 15) is 0 Å². The first-order valence-corrected chi connectivity index (χ1v) is 2.29. The molecule has 0 fully saturated rings. The second kappa shape index (κ2) is 8.84. The Balaban J connectivity index is 0. The molecule has 0 unspecified atom stereocenters. The van der Waals surface area contributed by atoms with E-state index >= 15 is 0 Å². The molecule has 0 aliphatic carbocycles. The van der Waals surface area contributed by atoms with Crippen LogP contribution in [0.2, 0.25) is 0 Å². The van der Waals surface area contributed by atoms with Crippen molar-refractivity contribution in [1.29, 1.82) is 0 Å². The maximum atomic E-state index is 3.47. The molecule has 0 aromatic heterocycles. The van der Waals surface area contributed by atoms with E-state index in [1.54, 1.807) is 0 Å². The number of hydrogen-bond acceptors (Lipinski definition) is 0. The summed E-state index contributed by atoms with van der Waals surface area (Å²) in [6.07, 6.45) is 0. The number of rotatable bonds is 0. The Morgan fingerprint density at radius 1 is 1.75 bits per heavy atom. The van der Waals surface area contributed by atoms with Gasteiger partial charge in [0.2, 0.25) is 0 Å². The normalized spacial score (nSPS) is 4.50. The first kappa shape index (κ1) is 9.02. The van der Waals surface area contributed by atoms with Crippen LogP contribution < -0.4 is 0 Å². The molecule has 0 bridgehead atoms. The Labute approximate surface area is 53.2 Å². The van der Waals surface area contributed by atoms with Gasteiger partial charge < -0.3 is 6.92 Å². The van der Waals surface area contributed by atoms with Gasteiger partial charge in [-0.15, -0.1) is 27.0 Å². The van der Waals surface area contributed by atoms with Gasteiger partial charge in [-0.05, 0) is 0 Å². The van der Waals surface area contributed by atoms with Crippen LogP contribution in [-0.2, 0) is 19.5 Å². The predicted molar refractivity (Wildman–Crippen MR) is 24.2 cm³/mol. The molecule has 0 heterocycles. The summed E-state index contributed by atoms with van der Waals surface area (Å²) in [5.41, 5.74) is 0. The van der Waals surface area contributed by atoms with Crippen LogP contribution in [0.15, 0.2) is 0 Å². The molecule has 2 heteroatoms. The molecule has 0 atom stereocenters. The molecule has 0 aliphatic heterocycles. The monoisotopic (exact) mass is 219 g/mol. The van der Waals surface area contributed by atoms with Gasteiger partial charge >= 0.3 is 0 Å². The maximum Gasteiger partial charge on any atom is 0 e. The van der Waals surface area contributed by atoms with Crippen molar-refractivity contribution in [2.75, 3.05) is 4.43 Å². The Morgan fingerprint density at radius 3 is 1.75 bits per heavy atom. The molecule has 0 saturated heterocycles. The van der Waals surface area contributed by atoms with Crippen LogP contribution in [0.3, 0.4) is 0 Å². The van der Waals surface area contributed by atoms with Crippen LogP contribution in [-0.4, -0.2) is 4.43 Å². The molecule has 0 spiro atoms. The van der Waals surface area contributed by atoms with Crippen LogP contribution in [0.4, 0.5) is 0 Å². The van der Waals surface area contributed by atoms with Crippen molar-refractivity contribution in [2.24, 2.45) is 0 Å². The summed E-state index contributed by atoms with van der Waals surface area (Å²) in [6, 6.07) is 0. The van der Waals surface area contributed by atoms with Crippen molar-refractivity contribution < 1.29 is 19.5 Å². The molecule has 22 valence electrons. The smallest absolute Gasteiger partial charge is 0 e. The van der Waals surface area contributed by atoms with Crippen LogP contribution >= 0.6 is 22.6 Å². The summed E-state index contributed by atoms with van der Waals surface area (Å²) >= 11 is 2.18. The van der Waals surface area contributed by atoms with Gasteiger partial charge in [-0.25, -0.2) is 0 Å². The maximum absolute atomic E-state index is 3.47. The Bertz CT molecular complexity index is 6.00. The summed E-state index contributed by atoms with van der Waals surface area (Å²) in [5.74, 6) is 0. The third kappa shape index (κ3) is 10.1. The van der Waals surface area contributed by atoms with Crippen LogP contribution in [0.1, 0.15) is 0 Å². The van der Waals surface area contributed by atoms with E-state index in [1.807, 2.05) is 0 Å². The molecule has 0 aliphatic rings. The fraction of sp³-hybridized carbons (Fsp3) is 0.500. The van der Waals surface area contributed by atoms with Gasteiger partial charge in [0, 0.05) is 19.5 Å². The van der Waals surface area contributed by atoms with Crippen molar-refractivity contribution in [2.45, 2.75) is 0 Å². The molecule has 0 rings (SSSR count). The van der Waals surface area contributed by atoms with E-state index in [4.69, 9.17) is 0 Å². The zero-order chi connectivity index (χ0) is 2.71. The quantitative estimate of drug-likeness (QED) is 0.249. The van der Waals surface area contributed by atoms with E-state index < -0.39 is 0 Å². The molecular formula is C2H4IZn-. The minimum Gasteiger partial charge on any atom is -0.334 e. The molecular weight excluding hydrogens is 216 g/mol. The molecule has 0 nitrogen and oxygen atoms in total. The van der Waals surface area contributed by atoms with Crippen molar-refractivity contribution in [1.82, 2.24) is 0 Å². The Hall–Kier alpha value is 1.35. The molecule has 0 aromatic carbocycles.